The Morgan fingerprint density at radius 1 is 1.25 bits per heavy atom. The first-order valence-corrected chi connectivity index (χ1v) is 10.3. The summed E-state index contributed by atoms with van der Waals surface area (Å²) >= 11 is 11.8. The van der Waals surface area contributed by atoms with E-state index in [0.717, 1.165) is 6.26 Å². The second-order valence-corrected chi connectivity index (χ2v) is 8.59. The van der Waals surface area contributed by atoms with Crippen molar-refractivity contribution in [2.75, 3.05) is 24.7 Å². The second kappa shape index (κ2) is 8.01. The standard InChI is InChI=1S/C15H21Cl2N3O3S/c1-10(15(21)18-12-3-4-13(16)14(17)9-12)20-7-5-11(6-8-20)19-24(2,22)23/h3-4,9-11,19H,5-8H2,1-2H3,(H,18,21). The molecule has 1 amide bonds. The van der Waals surface area contributed by atoms with Crippen molar-refractivity contribution in [3.8, 4) is 0 Å². The van der Waals surface area contributed by atoms with Crippen LogP contribution in [0, 0.1) is 0 Å². The summed E-state index contributed by atoms with van der Waals surface area (Å²) in [6.07, 6.45) is 2.52. The van der Waals surface area contributed by atoms with Crippen molar-refractivity contribution in [3.05, 3.63) is 28.2 Å². The fourth-order valence-corrected chi connectivity index (χ4v) is 3.83. The summed E-state index contributed by atoms with van der Waals surface area (Å²) in [7, 11) is -3.20. The molecule has 0 bridgehead atoms. The van der Waals surface area contributed by atoms with Gasteiger partial charge in [-0.15, -0.1) is 0 Å². The van der Waals surface area contributed by atoms with Crippen molar-refractivity contribution < 1.29 is 13.2 Å². The lowest BCUT2D eigenvalue weighted by Crippen LogP contribution is -2.50. The summed E-state index contributed by atoms with van der Waals surface area (Å²) in [5.41, 5.74) is 0.592. The quantitative estimate of drug-likeness (QED) is 0.804. The Morgan fingerprint density at radius 3 is 2.42 bits per heavy atom. The summed E-state index contributed by atoms with van der Waals surface area (Å²) in [6, 6.07) is 4.55. The predicted octanol–water partition coefficient (Wildman–Crippen LogP) is 2.33. The van der Waals surface area contributed by atoms with E-state index in [1.807, 2.05) is 11.8 Å². The van der Waals surface area contributed by atoms with Gasteiger partial charge in [-0.3, -0.25) is 9.69 Å². The monoisotopic (exact) mass is 393 g/mol. The third kappa shape index (κ3) is 5.60. The molecule has 1 unspecified atom stereocenters. The van der Waals surface area contributed by atoms with E-state index in [0.29, 0.717) is 41.7 Å². The molecule has 1 aromatic carbocycles. The van der Waals surface area contributed by atoms with Crippen molar-refractivity contribution in [2.45, 2.75) is 31.8 Å². The number of sulfonamides is 1. The molecule has 24 heavy (non-hydrogen) atoms. The van der Waals surface area contributed by atoms with Crippen molar-refractivity contribution in [3.63, 3.8) is 0 Å². The molecule has 1 saturated heterocycles. The van der Waals surface area contributed by atoms with Crippen LogP contribution in [0.2, 0.25) is 10.0 Å². The minimum Gasteiger partial charge on any atom is -0.325 e. The zero-order valence-electron chi connectivity index (χ0n) is 13.6. The number of carbonyl (C=O) groups is 1. The van der Waals surface area contributed by atoms with Gasteiger partial charge in [0.15, 0.2) is 0 Å². The van der Waals surface area contributed by atoms with Gasteiger partial charge in [-0.1, -0.05) is 23.2 Å². The molecule has 1 aliphatic heterocycles. The molecule has 0 aliphatic carbocycles. The zero-order valence-corrected chi connectivity index (χ0v) is 15.9. The van der Waals surface area contributed by atoms with E-state index in [2.05, 4.69) is 10.0 Å². The van der Waals surface area contributed by atoms with Gasteiger partial charge in [0, 0.05) is 24.8 Å². The van der Waals surface area contributed by atoms with E-state index >= 15 is 0 Å². The largest absolute Gasteiger partial charge is 0.325 e. The molecule has 1 heterocycles. The molecule has 0 aromatic heterocycles. The van der Waals surface area contributed by atoms with Gasteiger partial charge in [0.1, 0.15) is 0 Å². The number of halogens is 2. The van der Waals surface area contributed by atoms with Gasteiger partial charge >= 0.3 is 0 Å². The van der Waals surface area contributed by atoms with Crippen LogP contribution >= 0.6 is 23.2 Å². The highest BCUT2D eigenvalue weighted by atomic mass is 35.5. The minimum absolute atomic E-state index is 0.0680. The van der Waals surface area contributed by atoms with Crippen LogP contribution in [0.3, 0.4) is 0 Å². The summed E-state index contributed by atoms with van der Waals surface area (Å²) in [6.45, 7) is 3.14. The highest BCUT2D eigenvalue weighted by Crippen LogP contribution is 2.25. The average Bonchev–Trinajstić information content (AvgIpc) is 2.49. The van der Waals surface area contributed by atoms with Gasteiger partial charge < -0.3 is 5.32 Å². The number of hydrogen-bond acceptors (Lipinski definition) is 4. The molecule has 134 valence electrons. The van der Waals surface area contributed by atoms with Gasteiger partial charge in [0.25, 0.3) is 0 Å². The Morgan fingerprint density at radius 2 is 1.88 bits per heavy atom. The van der Waals surface area contributed by atoms with Gasteiger partial charge in [-0.2, -0.15) is 0 Å². The van der Waals surface area contributed by atoms with Crippen LogP contribution < -0.4 is 10.0 Å². The highest BCUT2D eigenvalue weighted by molar-refractivity contribution is 7.88. The highest BCUT2D eigenvalue weighted by Gasteiger charge is 2.27. The van der Waals surface area contributed by atoms with Gasteiger partial charge in [-0.25, -0.2) is 13.1 Å². The van der Waals surface area contributed by atoms with E-state index in [9.17, 15) is 13.2 Å². The van der Waals surface area contributed by atoms with Crippen molar-refractivity contribution >= 4 is 44.8 Å². The number of nitrogens with one attached hydrogen (secondary N) is 2. The maximum atomic E-state index is 12.4. The number of likely N-dealkylation sites (tertiary alicyclic amines) is 1. The number of nitrogens with zero attached hydrogens (tertiary/aromatic N) is 1. The number of hydrogen-bond donors (Lipinski definition) is 2. The van der Waals surface area contributed by atoms with Gasteiger partial charge in [-0.05, 0) is 38.0 Å². The Balaban J connectivity index is 1.89. The fraction of sp³-hybridized carbons (Fsp3) is 0.533. The normalized spacial score (nSPS) is 18.3. The smallest absolute Gasteiger partial charge is 0.241 e. The van der Waals surface area contributed by atoms with E-state index < -0.39 is 10.0 Å². The number of carbonyl (C=O) groups excluding carboxylic acids is 1. The molecule has 1 aromatic rings. The molecule has 1 aliphatic rings. The Hall–Kier alpha value is -0.860. The number of anilines is 1. The average molecular weight is 394 g/mol. The van der Waals surface area contributed by atoms with Crippen LogP contribution in [0.25, 0.3) is 0 Å². The molecule has 1 fully saturated rings. The van der Waals surface area contributed by atoms with Gasteiger partial charge in [0.05, 0.1) is 22.3 Å². The third-order valence-corrected chi connectivity index (χ3v) is 5.53. The van der Waals surface area contributed by atoms with Crippen molar-refractivity contribution in [2.24, 2.45) is 0 Å². The molecule has 2 rings (SSSR count). The van der Waals surface area contributed by atoms with Crippen LogP contribution in [-0.4, -0.2) is 50.7 Å². The molecule has 1 atom stereocenters. The maximum absolute atomic E-state index is 12.4. The maximum Gasteiger partial charge on any atom is 0.241 e. The van der Waals surface area contributed by atoms with Crippen molar-refractivity contribution in [1.82, 2.24) is 9.62 Å². The third-order valence-electron chi connectivity index (χ3n) is 4.02. The lowest BCUT2D eigenvalue weighted by Gasteiger charge is -2.35. The molecule has 9 heteroatoms. The summed E-state index contributed by atoms with van der Waals surface area (Å²) in [5.74, 6) is -0.136. The SMILES string of the molecule is CC(C(=O)Nc1ccc(Cl)c(Cl)c1)N1CCC(NS(C)(=O)=O)CC1. The number of benzene rings is 1. The minimum atomic E-state index is -3.20. The molecular weight excluding hydrogens is 373 g/mol. The summed E-state index contributed by atoms with van der Waals surface area (Å²) in [4.78, 5) is 14.4. The van der Waals surface area contributed by atoms with E-state index in [1.54, 1.807) is 18.2 Å². The molecular formula is C15H21Cl2N3O3S. The molecule has 0 spiro atoms. The van der Waals surface area contributed by atoms with Crippen molar-refractivity contribution in [1.29, 1.82) is 0 Å². The number of piperidine rings is 1. The van der Waals surface area contributed by atoms with E-state index in [-0.39, 0.29) is 18.0 Å². The first-order chi connectivity index (χ1) is 11.2. The predicted molar refractivity (Wildman–Crippen MR) is 97.1 cm³/mol. The summed E-state index contributed by atoms with van der Waals surface area (Å²) < 4.78 is 25.2. The topological polar surface area (TPSA) is 78.5 Å². The Labute approximate surface area is 152 Å². The summed E-state index contributed by atoms with van der Waals surface area (Å²) in [5, 5.41) is 3.64. The first-order valence-electron chi connectivity index (χ1n) is 7.63. The lowest BCUT2D eigenvalue weighted by atomic mass is 10.0. The Bertz CT molecular complexity index is 704. The molecule has 6 nitrogen and oxygen atoms in total. The number of rotatable bonds is 5. The van der Waals surface area contributed by atoms with Crippen LogP contribution in [0.5, 0.6) is 0 Å². The van der Waals surface area contributed by atoms with Crippen LogP contribution in [0.15, 0.2) is 18.2 Å². The van der Waals surface area contributed by atoms with Crippen LogP contribution in [-0.2, 0) is 14.8 Å². The fourth-order valence-electron chi connectivity index (χ4n) is 2.69. The molecule has 2 N–H and O–H groups in total. The van der Waals surface area contributed by atoms with Crippen LogP contribution in [0.1, 0.15) is 19.8 Å². The van der Waals surface area contributed by atoms with E-state index in [1.165, 1.54) is 0 Å². The lowest BCUT2D eigenvalue weighted by molar-refractivity contribution is -0.121. The Kier molecular flexibility index (Phi) is 6.50. The molecule has 0 radical (unpaired) electrons. The van der Waals surface area contributed by atoms with Crippen LogP contribution in [0.4, 0.5) is 5.69 Å². The second-order valence-electron chi connectivity index (χ2n) is 5.99. The molecule has 0 saturated carbocycles. The number of amides is 1. The van der Waals surface area contributed by atoms with Gasteiger partial charge in [0.2, 0.25) is 15.9 Å². The zero-order chi connectivity index (χ0) is 17.9. The first kappa shape index (κ1) is 19.5. The van der Waals surface area contributed by atoms with E-state index in [4.69, 9.17) is 23.2 Å².